The number of rotatable bonds is 5. The molecular formula is C12H16O4. The standard InChI is InChI=1S/C12H16O4/c1-15-11-6-4-3-5-9(11)10(13)7-8-12(14)16-2/h3-6,10,13H,7-8H2,1-2H3. The number of aliphatic hydroxyl groups excluding tert-OH is 1. The van der Waals surface area contributed by atoms with Crippen LogP contribution in [0.5, 0.6) is 5.75 Å². The van der Waals surface area contributed by atoms with Gasteiger partial charge < -0.3 is 14.6 Å². The molecule has 0 heterocycles. The molecule has 0 aliphatic heterocycles. The fraction of sp³-hybridized carbons (Fsp3) is 0.417. The number of carbonyl (C=O) groups is 1. The van der Waals surface area contributed by atoms with Gasteiger partial charge in [-0.05, 0) is 12.5 Å². The van der Waals surface area contributed by atoms with Gasteiger partial charge in [0.1, 0.15) is 5.75 Å². The van der Waals surface area contributed by atoms with Crippen LogP contribution < -0.4 is 4.74 Å². The zero-order chi connectivity index (χ0) is 12.0. The summed E-state index contributed by atoms with van der Waals surface area (Å²) in [6.45, 7) is 0. The van der Waals surface area contributed by atoms with Gasteiger partial charge in [-0.15, -0.1) is 0 Å². The second kappa shape index (κ2) is 6.12. The Morgan fingerprint density at radius 2 is 2.06 bits per heavy atom. The first-order chi connectivity index (χ1) is 7.69. The van der Waals surface area contributed by atoms with E-state index in [-0.39, 0.29) is 12.4 Å². The van der Waals surface area contributed by atoms with Gasteiger partial charge in [-0.2, -0.15) is 0 Å². The van der Waals surface area contributed by atoms with Crippen LogP contribution in [-0.2, 0) is 9.53 Å². The molecular weight excluding hydrogens is 208 g/mol. The van der Waals surface area contributed by atoms with E-state index in [4.69, 9.17) is 4.74 Å². The molecule has 1 atom stereocenters. The molecule has 4 heteroatoms. The van der Waals surface area contributed by atoms with Crippen molar-refractivity contribution in [2.24, 2.45) is 0 Å². The first-order valence-corrected chi connectivity index (χ1v) is 5.06. The SMILES string of the molecule is COC(=O)CCC(O)c1ccccc1OC. The average molecular weight is 224 g/mol. The summed E-state index contributed by atoms with van der Waals surface area (Å²) in [5, 5.41) is 9.89. The Kier molecular flexibility index (Phi) is 4.79. The summed E-state index contributed by atoms with van der Waals surface area (Å²) in [4.78, 5) is 10.9. The van der Waals surface area contributed by atoms with Gasteiger partial charge in [0.25, 0.3) is 0 Å². The molecule has 4 nitrogen and oxygen atoms in total. The zero-order valence-electron chi connectivity index (χ0n) is 9.47. The molecule has 0 aromatic heterocycles. The minimum atomic E-state index is -0.713. The molecule has 0 aliphatic carbocycles. The molecule has 1 unspecified atom stereocenters. The lowest BCUT2D eigenvalue weighted by molar-refractivity contribution is -0.141. The van der Waals surface area contributed by atoms with E-state index in [1.165, 1.54) is 7.11 Å². The van der Waals surface area contributed by atoms with E-state index in [1.807, 2.05) is 12.1 Å². The molecule has 1 aromatic rings. The summed E-state index contributed by atoms with van der Waals surface area (Å²) in [7, 11) is 2.88. The molecule has 1 aromatic carbocycles. The van der Waals surface area contributed by atoms with E-state index < -0.39 is 6.10 Å². The molecule has 1 N–H and O–H groups in total. The fourth-order valence-electron chi connectivity index (χ4n) is 1.45. The first-order valence-electron chi connectivity index (χ1n) is 5.06. The molecule has 0 saturated carbocycles. The third kappa shape index (κ3) is 3.24. The van der Waals surface area contributed by atoms with Gasteiger partial charge >= 0.3 is 5.97 Å². The fourth-order valence-corrected chi connectivity index (χ4v) is 1.45. The van der Waals surface area contributed by atoms with Crippen LogP contribution in [0.15, 0.2) is 24.3 Å². The van der Waals surface area contributed by atoms with Crippen molar-refractivity contribution in [1.82, 2.24) is 0 Å². The van der Waals surface area contributed by atoms with Gasteiger partial charge in [-0.25, -0.2) is 0 Å². The second-order valence-electron chi connectivity index (χ2n) is 3.37. The molecule has 88 valence electrons. The number of carbonyl (C=O) groups excluding carboxylic acids is 1. The maximum absolute atomic E-state index is 10.9. The maximum atomic E-state index is 10.9. The quantitative estimate of drug-likeness (QED) is 0.773. The van der Waals surface area contributed by atoms with E-state index in [0.717, 1.165) is 0 Å². The van der Waals surface area contributed by atoms with E-state index in [0.29, 0.717) is 17.7 Å². The Bertz CT molecular complexity index is 349. The van der Waals surface area contributed by atoms with Crippen molar-refractivity contribution < 1.29 is 19.4 Å². The van der Waals surface area contributed by atoms with E-state index >= 15 is 0 Å². The number of benzene rings is 1. The van der Waals surface area contributed by atoms with Gasteiger partial charge in [-0.1, -0.05) is 18.2 Å². The molecule has 0 saturated heterocycles. The molecule has 0 spiro atoms. The molecule has 1 rings (SSSR count). The number of hydrogen-bond donors (Lipinski definition) is 1. The van der Waals surface area contributed by atoms with Crippen LogP contribution in [0.2, 0.25) is 0 Å². The molecule has 0 aliphatic rings. The monoisotopic (exact) mass is 224 g/mol. The summed E-state index contributed by atoms with van der Waals surface area (Å²) in [6, 6.07) is 7.20. The largest absolute Gasteiger partial charge is 0.496 e. The predicted octanol–water partition coefficient (Wildman–Crippen LogP) is 1.68. The lowest BCUT2D eigenvalue weighted by Gasteiger charge is -2.13. The number of methoxy groups -OCH3 is 2. The van der Waals surface area contributed by atoms with Crippen molar-refractivity contribution in [2.75, 3.05) is 14.2 Å². The molecule has 16 heavy (non-hydrogen) atoms. The van der Waals surface area contributed by atoms with Crippen molar-refractivity contribution in [3.05, 3.63) is 29.8 Å². The Balaban J connectivity index is 2.65. The predicted molar refractivity (Wildman–Crippen MR) is 59.2 cm³/mol. The first kappa shape index (κ1) is 12.5. The van der Waals surface area contributed by atoms with Crippen LogP contribution >= 0.6 is 0 Å². The van der Waals surface area contributed by atoms with Crippen molar-refractivity contribution >= 4 is 5.97 Å². The van der Waals surface area contributed by atoms with Crippen LogP contribution in [0.3, 0.4) is 0 Å². The van der Waals surface area contributed by atoms with Crippen LogP contribution in [0.1, 0.15) is 24.5 Å². The molecule has 0 radical (unpaired) electrons. The summed E-state index contributed by atoms with van der Waals surface area (Å²) in [5.41, 5.74) is 0.689. The lowest BCUT2D eigenvalue weighted by Crippen LogP contribution is -2.06. The topological polar surface area (TPSA) is 55.8 Å². The average Bonchev–Trinajstić information content (AvgIpc) is 2.35. The zero-order valence-corrected chi connectivity index (χ0v) is 9.47. The second-order valence-corrected chi connectivity index (χ2v) is 3.37. The number of para-hydroxylation sites is 1. The highest BCUT2D eigenvalue weighted by atomic mass is 16.5. The third-order valence-corrected chi connectivity index (χ3v) is 2.35. The maximum Gasteiger partial charge on any atom is 0.305 e. The van der Waals surface area contributed by atoms with Crippen molar-refractivity contribution in [3.63, 3.8) is 0 Å². The number of aliphatic hydroxyl groups is 1. The summed E-state index contributed by atoms with van der Waals surface area (Å²) in [5.74, 6) is 0.300. The van der Waals surface area contributed by atoms with Crippen molar-refractivity contribution in [1.29, 1.82) is 0 Å². The third-order valence-electron chi connectivity index (χ3n) is 2.35. The van der Waals surface area contributed by atoms with Crippen LogP contribution in [0, 0.1) is 0 Å². The number of ether oxygens (including phenoxy) is 2. The molecule has 0 bridgehead atoms. The minimum Gasteiger partial charge on any atom is -0.496 e. The highest BCUT2D eigenvalue weighted by Crippen LogP contribution is 2.27. The van der Waals surface area contributed by atoms with Crippen LogP contribution in [0.25, 0.3) is 0 Å². The molecule has 0 fully saturated rings. The Morgan fingerprint density at radius 3 is 2.69 bits per heavy atom. The smallest absolute Gasteiger partial charge is 0.305 e. The van der Waals surface area contributed by atoms with E-state index in [9.17, 15) is 9.90 Å². The normalized spacial score (nSPS) is 11.9. The lowest BCUT2D eigenvalue weighted by atomic mass is 10.0. The van der Waals surface area contributed by atoms with E-state index in [2.05, 4.69) is 4.74 Å². The number of esters is 1. The van der Waals surface area contributed by atoms with Gasteiger partial charge in [-0.3, -0.25) is 4.79 Å². The van der Waals surface area contributed by atoms with Gasteiger partial charge in [0.05, 0.1) is 20.3 Å². The van der Waals surface area contributed by atoms with Gasteiger partial charge in [0.15, 0.2) is 0 Å². The van der Waals surface area contributed by atoms with Gasteiger partial charge in [0.2, 0.25) is 0 Å². The Morgan fingerprint density at radius 1 is 1.38 bits per heavy atom. The summed E-state index contributed by atoms with van der Waals surface area (Å²) < 4.78 is 9.64. The Hall–Kier alpha value is -1.55. The van der Waals surface area contributed by atoms with Crippen LogP contribution in [0.4, 0.5) is 0 Å². The highest BCUT2D eigenvalue weighted by molar-refractivity contribution is 5.69. The Labute approximate surface area is 94.8 Å². The molecule has 0 amide bonds. The van der Waals surface area contributed by atoms with Crippen molar-refractivity contribution in [2.45, 2.75) is 18.9 Å². The van der Waals surface area contributed by atoms with Gasteiger partial charge in [0, 0.05) is 12.0 Å². The van der Waals surface area contributed by atoms with Crippen LogP contribution in [-0.4, -0.2) is 25.3 Å². The van der Waals surface area contributed by atoms with Crippen molar-refractivity contribution in [3.8, 4) is 5.75 Å². The summed E-state index contributed by atoms with van der Waals surface area (Å²) >= 11 is 0. The number of hydrogen-bond acceptors (Lipinski definition) is 4. The highest BCUT2D eigenvalue weighted by Gasteiger charge is 2.14. The van der Waals surface area contributed by atoms with E-state index in [1.54, 1.807) is 19.2 Å². The minimum absolute atomic E-state index is 0.190. The summed E-state index contributed by atoms with van der Waals surface area (Å²) in [6.07, 6.45) is -0.196.